The van der Waals surface area contributed by atoms with E-state index in [1.54, 1.807) is 0 Å². The molecule has 4 N–H and O–H groups in total. The van der Waals surface area contributed by atoms with Gasteiger partial charge in [-0.2, -0.15) is 0 Å². The first-order valence-electron chi connectivity index (χ1n) is 13.0. The summed E-state index contributed by atoms with van der Waals surface area (Å²) in [5, 5.41) is 16.9. The van der Waals surface area contributed by atoms with E-state index < -0.39 is 12.0 Å². The second-order valence-electron chi connectivity index (χ2n) is 10.1. The average Bonchev–Trinajstić information content (AvgIpc) is 3.29. The van der Waals surface area contributed by atoms with Crippen molar-refractivity contribution in [2.75, 3.05) is 26.2 Å². The third-order valence-electron chi connectivity index (χ3n) is 7.57. The van der Waals surface area contributed by atoms with Crippen molar-refractivity contribution in [3.05, 3.63) is 36.0 Å². The molecule has 2 aromatic rings. The molecule has 190 valence electrons. The number of amides is 2. The molecule has 4 rings (SSSR count). The van der Waals surface area contributed by atoms with Gasteiger partial charge in [0.1, 0.15) is 0 Å². The number of aromatic amines is 1. The molecule has 2 saturated heterocycles. The van der Waals surface area contributed by atoms with Gasteiger partial charge in [-0.1, -0.05) is 18.2 Å². The number of benzene rings is 1. The lowest BCUT2D eigenvalue weighted by Crippen LogP contribution is -2.48. The van der Waals surface area contributed by atoms with Crippen molar-refractivity contribution < 1.29 is 19.5 Å². The number of carboxylic acids is 1. The van der Waals surface area contributed by atoms with E-state index in [9.17, 15) is 19.5 Å². The Kier molecular flexibility index (Phi) is 8.79. The van der Waals surface area contributed by atoms with Crippen LogP contribution in [0.1, 0.15) is 56.9 Å². The van der Waals surface area contributed by atoms with Crippen molar-refractivity contribution in [2.45, 2.75) is 63.8 Å². The van der Waals surface area contributed by atoms with Gasteiger partial charge >= 0.3 is 5.97 Å². The number of H-pyrrole nitrogens is 1. The summed E-state index contributed by atoms with van der Waals surface area (Å²) in [7, 11) is 0. The molecule has 2 aliphatic rings. The molecule has 35 heavy (non-hydrogen) atoms. The Labute approximate surface area is 206 Å². The number of piperidine rings is 2. The second kappa shape index (κ2) is 12.2. The van der Waals surface area contributed by atoms with Gasteiger partial charge in [0.25, 0.3) is 0 Å². The van der Waals surface area contributed by atoms with Crippen molar-refractivity contribution in [1.82, 2.24) is 20.5 Å². The average molecular weight is 483 g/mol. The summed E-state index contributed by atoms with van der Waals surface area (Å²) in [6, 6.07) is 7.57. The predicted octanol–water partition coefficient (Wildman–Crippen LogP) is 3.08. The number of likely N-dealkylation sites (tertiary alicyclic amines) is 1. The molecule has 0 unspecified atom stereocenters. The number of carbonyl (C=O) groups excluding carboxylic acids is 2. The zero-order chi connectivity index (χ0) is 24.6. The summed E-state index contributed by atoms with van der Waals surface area (Å²) in [5.41, 5.74) is 2.17. The number of aromatic nitrogens is 1. The van der Waals surface area contributed by atoms with Gasteiger partial charge in [-0.25, -0.2) is 0 Å². The maximum absolute atomic E-state index is 13.1. The summed E-state index contributed by atoms with van der Waals surface area (Å²) in [5.74, 6) is -0.588. The summed E-state index contributed by atoms with van der Waals surface area (Å²) >= 11 is 0. The molecule has 8 heteroatoms. The van der Waals surface area contributed by atoms with Gasteiger partial charge in [0.05, 0.1) is 12.3 Å². The molecular formula is C27H38N4O4. The fourth-order valence-electron chi connectivity index (χ4n) is 5.50. The highest BCUT2D eigenvalue weighted by Crippen LogP contribution is 2.23. The molecule has 1 aromatic heterocycles. The lowest BCUT2D eigenvalue weighted by Gasteiger charge is -2.33. The number of hydrogen-bond acceptors (Lipinski definition) is 4. The lowest BCUT2D eigenvalue weighted by atomic mass is 9.92. The summed E-state index contributed by atoms with van der Waals surface area (Å²) in [4.78, 5) is 42.5. The minimum Gasteiger partial charge on any atom is -0.481 e. The van der Waals surface area contributed by atoms with Crippen LogP contribution in [0.25, 0.3) is 10.9 Å². The molecule has 2 fully saturated rings. The Balaban J connectivity index is 1.29. The zero-order valence-electron chi connectivity index (χ0n) is 20.4. The monoisotopic (exact) mass is 482 g/mol. The van der Waals surface area contributed by atoms with Crippen LogP contribution in [-0.2, 0) is 20.8 Å². The van der Waals surface area contributed by atoms with Crippen molar-refractivity contribution in [3.8, 4) is 0 Å². The molecule has 2 atom stereocenters. The van der Waals surface area contributed by atoms with Crippen LogP contribution in [0.4, 0.5) is 0 Å². The smallest absolute Gasteiger partial charge is 0.305 e. The number of rotatable bonds is 10. The second-order valence-corrected chi connectivity index (χ2v) is 10.1. The van der Waals surface area contributed by atoms with Gasteiger partial charge < -0.3 is 25.6 Å². The predicted molar refractivity (Wildman–Crippen MR) is 135 cm³/mol. The number of aryl methyl sites for hydroxylation is 1. The first kappa shape index (κ1) is 25.2. The van der Waals surface area contributed by atoms with Crippen molar-refractivity contribution in [2.24, 2.45) is 11.8 Å². The SMILES string of the molecule is O=C(O)C[C@H](CCc1c[nH]c2ccccc12)NC(=O)[C@@H]1CCCN(C(=O)CCC2CCNCC2)C1. The van der Waals surface area contributed by atoms with Gasteiger partial charge in [-0.15, -0.1) is 0 Å². The molecule has 0 radical (unpaired) electrons. The van der Waals surface area contributed by atoms with Crippen molar-refractivity contribution in [1.29, 1.82) is 0 Å². The van der Waals surface area contributed by atoms with Gasteiger partial charge in [0.2, 0.25) is 11.8 Å². The minimum absolute atomic E-state index is 0.111. The van der Waals surface area contributed by atoms with Gasteiger partial charge in [-0.3, -0.25) is 14.4 Å². The molecule has 1 aromatic carbocycles. The number of para-hydroxylation sites is 1. The number of carboxylic acid groups (broad SMARTS) is 1. The van der Waals surface area contributed by atoms with Crippen LogP contribution in [0.5, 0.6) is 0 Å². The Morgan fingerprint density at radius 1 is 1.14 bits per heavy atom. The molecule has 0 saturated carbocycles. The number of fused-ring (bicyclic) bond motifs is 1. The van der Waals surface area contributed by atoms with Crippen LogP contribution in [0, 0.1) is 11.8 Å². The highest BCUT2D eigenvalue weighted by molar-refractivity contribution is 5.83. The van der Waals surface area contributed by atoms with Crippen molar-refractivity contribution in [3.63, 3.8) is 0 Å². The molecular weight excluding hydrogens is 444 g/mol. The molecule has 0 aliphatic carbocycles. The van der Waals surface area contributed by atoms with Crippen molar-refractivity contribution >= 4 is 28.7 Å². The van der Waals surface area contributed by atoms with E-state index in [-0.39, 0.29) is 24.2 Å². The topological polar surface area (TPSA) is 115 Å². The maximum atomic E-state index is 13.1. The fourth-order valence-corrected chi connectivity index (χ4v) is 5.50. The number of aliphatic carboxylic acids is 1. The molecule has 0 spiro atoms. The van der Waals surface area contributed by atoms with Crippen LogP contribution in [0.2, 0.25) is 0 Å². The Morgan fingerprint density at radius 2 is 1.94 bits per heavy atom. The fraction of sp³-hybridized carbons (Fsp3) is 0.593. The van der Waals surface area contributed by atoms with E-state index in [1.165, 1.54) is 0 Å². The van der Waals surface area contributed by atoms with Gasteiger partial charge in [-0.05, 0) is 75.6 Å². The quantitative estimate of drug-likeness (QED) is 0.416. The third-order valence-corrected chi connectivity index (χ3v) is 7.57. The molecule has 0 bridgehead atoms. The van der Waals surface area contributed by atoms with Gasteiger partial charge in [0.15, 0.2) is 0 Å². The summed E-state index contributed by atoms with van der Waals surface area (Å²) < 4.78 is 0. The molecule has 2 aliphatic heterocycles. The lowest BCUT2D eigenvalue weighted by molar-refractivity contribution is -0.138. The Hall–Kier alpha value is -2.87. The standard InChI is InChI=1S/C27H38N4O4/c32-25(10-7-19-11-13-28-14-12-19)31-15-3-4-21(18-31)27(35)30-22(16-26(33)34)9-8-20-17-29-24-6-2-1-5-23(20)24/h1-2,5-6,17,19,21-22,28-29H,3-4,7-16,18H2,(H,30,35)(H,33,34)/t21-,22+/m1/s1. The van der Waals surface area contributed by atoms with E-state index in [1.807, 2.05) is 35.4 Å². The molecule has 8 nitrogen and oxygen atoms in total. The van der Waals surface area contributed by atoms with Crippen LogP contribution in [0.15, 0.2) is 30.5 Å². The number of hydrogen-bond donors (Lipinski definition) is 4. The van der Waals surface area contributed by atoms with Crippen LogP contribution in [-0.4, -0.2) is 65.0 Å². The normalized spacial score (nSPS) is 20.0. The molecule has 2 amide bonds. The highest BCUT2D eigenvalue weighted by Gasteiger charge is 2.30. The third kappa shape index (κ3) is 7.07. The van der Waals surface area contributed by atoms with E-state index in [4.69, 9.17) is 0 Å². The first-order valence-corrected chi connectivity index (χ1v) is 13.0. The largest absolute Gasteiger partial charge is 0.481 e. The summed E-state index contributed by atoms with van der Waals surface area (Å²) in [6.45, 7) is 3.19. The van der Waals surface area contributed by atoms with Crippen LogP contribution in [0.3, 0.4) is 0 Å². The van der Waals surface area contributed by atoms with E-state index in [0.29, 0.717) is 38.3 Å². The minimum atomic E-state index is -0.924. The Morgan fingerprint density at radius 3 is 2.74 bits per heavy atom. The highest BCUT2D eigenvalue weighted by atomic mass is 16.4. The number of nitrogens with one attached hydrogen (secondary N) is 3. The first-order chi connectivity index (χ1) is 17.0. The van der Waals surface area contributed by atoms with Gasteiger partial charge in [0, 0.05) is 42.7 Å². The molecule has 3 heterocycles. The zero-order valence-corrected chi connectivity index (χ0v) is 20.4. The maximum Gasteiger partial charge on any atom is 0.305 e. The number of carbonyl (C=O) groups is 3. The van der Waals surface area contributed by atoms with Crippen LogP contribution < -0.4 is 10.6 Å². The number of nitrogens with zero attached hydrogens (tertiary/aromatic N) is 1. The summed E-state index contributed by atoms with van der Waals surface area (Å²) in [6.07, 6.45) is 8.32. The Bertz CT molecular complexity index is 1010. The van der Waals surface area contributed by atoms with E-state index in [2.05, 4.69) is 15.6 Å². The van der Waals surface area contributed by atoms with E-state index >= 15 is 0 Å². The van der Waals surface area contributed by atoms with E-state index in [0.717, 1.165) is 61.7 Å². The van der Waals surface area contributed by atoms with Crippen LogP contribution >= 0.6 is 0 Å².